The molecule has 228 valence electrons. The van der Waals surface area contributed by atoms with Crippen molar-refractivity contribution in [3.63, 3.8) is 0 Å². The van der Waals surface area contributed by atoms with Crippen LogP contribution in [-0.2, 0) is 13.6 Å². The van der Waals surface area contributed by atoms with Gasteiger partial charge < -0.3 is 29.6 Å². The molecule has 2 aromatic carbocycles. The van der Waals surface area contributed by atoms with E-state index in [0.717, 1.165) is 30.0 Å². The molecule has 1 saturated heterocycles. The fourth-order valence-electron chi connectivity index (χ4n) is 6.18. The zero-order valence-electron chi connectivity index (χ0n) is 24.2. The number of methoxy groups -OCH3 is 1. The van der Waals surface area contributed by atoms with Crippen LogP contribution in [0.5, 0.6) is 11.5 Å². The molecule has 44 heavy (non-hydrogen) atoms. The number of phenols is 1. The van der Waals surface area contributed by atoms with Crippen LogP contribution in [0.25, 0.3) is 44.8 Å². The van der Waals surface area contributed by atoms with Crippen molar-refractivity contribution in [1.82, 2.24) is 24.0 Å². The molecule has 1 aliphatic carbocycles. The molecule has 2 aliphatic rings. The van der Waals surface area contributed by atoms with E-state index in [-0.39, 0.29) is 41.8 Å². The molecule has 1 saturated carbocycles. The highest BCUT2D eigenvalue weighted by Gasteiger charge is 2.31. The molecule has 3 aromatic heterocycles. The lowest BCUT2D eigenvalue weighted by Crippen LogP contribution is -2.50. The smallest absolute Gasteiger partial charge is 0.254 e. The Hall–Kier alpha value is -4.22. The number of fused-ring (bicyclic) bond motifs is 2. The van der Waals surface area contributed by atoms with Crippen molar-refractivity contribution in [3.05, 3.63) is 58.9 Å². The first-order valence-corrected chi connectivity index (χ1v) is 14.9. The number of aryl methyl sites for hydroxylation is 1. The van der Waals surface area contributed by atoms with Crippen LogP contribution in [0.1, 0.15) is 29.6 Å². The van der Waals surface area contributed by atoms with E-state index in [2.05, 4.69) is 4.57 Å². The fourth-order valence-corrected chi connectivity index (χ4v) is 6.33. The van der Waals surface area contributed by atoms with Crippen molar-refractivity contribution in [3.8, 4) is 34.3 Å². The Kier molecular flexibility index (Phi) is 6.97. The standard InChI is InChI=1S/C32H31ClF2N6O3/c1-39-29-25(7-18(9-28(29)44-2)32(43)40-14-19(34)10-20(36)15-40)38-31(39)26-8-17-5-6-24(21-11-27(42)22(33)12-23(21)35)37-30(17)41(26)13-16-3-4-16/h5-9,11-12,16,19-20,42H,3-4,10,13-15,36H2,1-2H3/t19-,20-/m1/s1. The summed E-state index contributed by atoms with van der Waals surface area (Å²) in [5, 5.41) is 10.9. The summed E-state index contributed by atoms with van der Waals surface area (Å²) in [6.45, 7) is 0.979. The number of aromatic hydroxyl groups is 1. The number of hydrogen-bond acceptors (Lipinski definition) is 6. The molecule has 0 spiro atoms. The van der Waals surface area contributed by atoms with Gasteiger partial charge in [0.1, 0.15) is 34.7 Å². The molecule has 5 aromatic rings. The number of hydrogen-bond donors (Lipinski definition) is 2. The van der Waals surface area contributed by atoms with Gasteiger partial charge in [0.25, 0.3) is 5.91 Å². The lowest BCUT2D eigenvalue weighted by molar-refractivity contribution is 0.0606. The Balaban J connectivity index is 1.35. The monoisotopic (exact) mass is 620 g/mol. The van der Waals surface area contributed by atoms with E-state index in [9.17, 15) is 18.7 Å². The first-order valence-electron chi connectivity index (χ1n) is 14.5. The second-order valence-electron chi connectivity index (χ2n) is 11.8. The predicted octanol–water partition coefficient (Wildman–Crippen LogP) is 5.69. The third-order valence-electron chi connectivity index (χ3n) is 8.54. The number of nitrogens with zero attached hydrogens (tertiary/aromatic N) is 5. The summed E-state index contributed by atoms with van der Waals surface area (Å²) in [5.74, 6) is 0.459. The number of carbonyl (C=O) groups excluding carboxylic acids is 1. The van der Waals surface area contributed by atoms with E-state index < -0.39 is 18.0 Å². The Labute approximate surface area is 256 Å². The maximum absolute atomic E-state index is 14.9. The van der Waals surface area contributed by atoms with Crippen molar-refractivity contribution in [2.75, 3.05) is 20.2 Å². The number of ether oxygens (including phenoxy) is 1. The first-order chi connectivity index (χ1) is 21.1. The van der Waals surface area contributed by atoms with Gasteiger partial charge in [0.05, 0.1) is 35.6 Å². The number of likely N-dealkylation sites (tertiary alicyclic amines) is 1. The molecule has 2 fully saturated rings. The molecule has 4 heterocycles. The average Bonchev–Trinajstić information content (AvgIpc) is 3.66. The van der Waals surface area contributed by atoms with Gasteiger partial charge in [-0.2, -0.15) is 0 Å². The van der Waals surface area contributed by atoms with E-state index in [1.165, 1.54) is 18.1 Å². The number of imidazole rings is 1. The van der Waals surface area contributed by atoms with Gasteiger partial charge in [-0.3, -0.25) is 4.79 Å². The fraction of sp³-hybridized carbons (Fsp3) is 0.344. The van der Waals surface area contributed by atoms with Gasteiger partial charge >= 0.3 is 0 Å². The van der Waals surface area contributed by atoms with E-state index in [1.807, 2.05) is 23.7 Å². The van der Waals surface area contributed by atoms with Crippen LogP contribution < -0.4 is 10.5 Å². The van der Waals surface area contributed by atoms with Gasteiger partial charge in [-0.05, 0) is 67.6 Å². The number of piperidine rings is 1. The molecule has 0 bridgehead atoms. The molecule has 2 atom stereocenters. The average molecular weight is 621 g/mol. The van der Waals surface area contributed by atoms with Gasteiger partial charge in [0.15, 0.2) is 5.82 Å². The highest BCUT2D eigenvalue weighted by molar-refractivity contribution is 6.32. The highest BCUT2D eigenvalue weighted by atomic mass is 35.5. The number of pyridine rings is 1. The highest BCUT2D eigenvalue weighted by Crippen LogP contribution is 2.39. The van der Waals surface area contributed by atoms with Crippen molar-refractivity contribution < 1.29 is 23.4 Å². The molecule has 12 heteroatoms. The number of benzene rings is 2. The summed E-state index contributed by atoms with van der Waals surface area (Å²) in [4.78, 5) is 24.7. The van der Waals surface area contributed by atoms with Crippen LogP contribution in [0.15, 0.2) is 42.5 Å². The Morgan fingerprint density at radius 3 is 2.68 bits per heavy atom. The minimum atomic E-state index is -1.17. The summed E-state index contributed by atoms with van der Waals surface area (Å²) in [5.41, 5.74) is 9.59. The number of aromatic nitrogens is 4. The SMILES string of the molecule is COc1cc(C(=O)N2C[C@H](N)C[C@@H](F)C2)cc2nc(-c3cc4ccc(-c5cc(O)c(Cl)cc5F)nc4n3CC3CC3)n(C)c12. The van der Waals surface area contributed by atoms with Crippen LogP contribution in [-0.4, -0.2) is 67.4 Å². The first kappa shape index (κ1) is 28.5. The summed E-state index contributed by atoms with van der Waals surface area (Å²) < 4.78 is 38.9. The topological polar surface area (TPSA) is 111 Å². The maximum atomic E-state index is 14.9. The quantitative estimate of drug-likeness (QED) is 0.253. The number of alkyl halides is 1. The molecule has 3 N–H and O–H groups in total. The molecular weight excluding hydrogens is 590 g/mol. The molecule has 1 aliphatic heterocycles. The molecule has 7 rings (SSSR count). The third kappa shape index (κ3) is 4.93. The lowest BCUT2D eigenvalue weighted by Gasteiger charge is -2.33. The van der Waals surface area contributed by atoms with Crippen molar-refractivity contribution >= 4 is 39.6 Å². The van der Waals surface area contributed by atoms with Gasteiger partial charge in [0.2, 0.25) is 0 Å². The zero-order chi connectivity index (χ0) is 30.9. The molecular formula is C32H31ClF2N6O3. The number of carbonyl (C=O) groups is 1. The summed E-state index contributed by atoms with van der Waals surface area (Å²) in [6.07, 6.45) is 1.26. The van der Waals surface area contributed by atoms with Crippen LogP contribution in [0, 0.1) is 11.7 Å². The molecule has 0 unspecified atom stereocenters. The number of rotatable bonds is 6. The number of amides is 1. The minimum absolute atomic E-state index is 0.00382. The number of nitrogens with two attached hydrogens (primary N) is 1. The third-order valence-corrected chi connectivity index (χ3v) is 8.85. The Morgan fingerprint density at radius 1 is 1.16 bits per heavy atom. The van der Waals surface area contributed by atoms with E-state index >= 15 is 0 Å². The molecule has 1 amide bonds. The van der Waals surface area contributed by atoms with Crippen molar-refractivity contribution in [2.45, 2.75) is 38.0 Å². The summed E-state index contributed by atoms with van der Waals surface area (Å²) in [7, 11) is 3.42. The molecule has 0 radical (unpaired) electrons. The van der Waals surface area contributed by atoms with Gasteiger partial charge in [-0.15, -0.1) is 0 Å². The number of phenolic OH excluding ortho intramolecular Hbond substituents is 1. The normalized spacial score (nSPS) is 18.8. The largest absolute Gasteiger partial charge is 0.506 e. The zero-order valence-corrected chi connectivity index (χ0v) is 25.0. The van der Waals surface area contributed by atoms with Gasteiger partial charge in [-0.25, -0.2) is 18.7 Å². The van der Waals surface area contributed by atoms with Crippen LogP contribution >= 0.6 is 11.6 Å². The van der Waals surface area contributed by atoms with Crippen molar-refractivity contribution in [1.29, 1.82) is 0 Å². The predicted molar refractivity (Wildman–Crippen MR) is 164 cm³/mol. The van der Waals surface area contributed by atoms with Gasteiger partial charge in [0, 0.05) is 42.7 Å². The minimum Gasteiger partial charge on any atom is -0.506 e. The van der Waals surface area contributed by atoms with Gasteiger partial charge in [-0.1, -0.05) is 11.6 Å². The van der Waals surface area contributed by atoms with E-state index in [0.29, 0.717) is 52.0 Å². The van der Waals surface area contributed by atoms with Crippen LogP contribution in [0.2, 0.25) is 5.02 Å². The Morgan fingerprint density at radius 2 is 1.95 bits per heavy atom. The second kappa shape index (κ2) is 10.7. The van der Waals surface area contributed by atoms with Crippen molar-refractivity contribution in [2.24, 2.45) is 18.7 Å². The second-order valence-corrected chi connectivity index (χ2v) is 12.2. The van der Waals surface area contributed by atoms with Crippen LogP contribution in [0.3, 0.4) is 0 Å². The van der Waals surface area contributed by atoms with Crippen LogP contribution in [0.4, 0.5) is 8.78 Å². The van der Waals surface area contributed by atoms with E-state index in [1.54, 1.807) is 18.2 Å². The van der Waals surface area contributed by atoms with E-state index in [4.69, 9.17) is 32.0 Å². The lowest BCUT2D eigenvalue weighted by atomic mass is 10.0. The Bertz CT molecular complexity index is 1940. The summed E-state index contributed by atoms with van der Waals surface area (Å²) in [6, 6.07) is 10.9. The number of halogens is 3. The maximum Gasteiger partial charge on any atom is 0.254 e. The summed E-state index contributed by atoms with van der Waals surface area (Å²) >= 11 is 5.90. The molecule has 9 nitrogen and oxygen atoms in total.